The molecule has 5 heteroatoms. The number of hydrogen-bond donors (Lipinski definition) is 0. The molecule has 0 spiro atoms. The summed E-state index contributed by atoms with van der Waals surface area (Å²) < 4.78 is 0. The number of imide groups is 1. The van der Waals surface area contributed by atoms with Crippen molar-refractivity contribution < 1.29 is 14.4 Å². The van der Waals surface area contributed by atoms with Crippen LogP contribution in [0.1, 0.15) is 48.0 Å². The number of hydrogen-bond acceptors (Lipinski definition) is 3. The summed E-state index contributed by atoms with van der Waals surface area (Å²) in [6.45, 7) is 1.90. The Labute approximate surface area is 164 Å². The van der Waals surface area contributed by atoms with Gasteiger partial charge in [0.2, 0.25) is 5.91 Å². The molecule has 1 aliphatic heterocycles. The Morgan fingerprint density at radius 3 is 2.29 bits per heavy atom. The largest absolute Gasteiger partial charge is 0.323 e. The summed E-state index contributed by atoms with van der Waals surface area (Å²) >= 11 is 0. The monoisotopic (exact) mass is 376 g/mol. The Morgan fingerprint density at radius 2 is 1.61 bits per heavy atom. The third-order valence-corrected chi connectivity index (χ3v) is 5.80. The lowest BCUT2D eigenvalue weighted by molar-refractivity contribution is -0.123. The molecule has 3 amide bonds. The smallest absolute Gasteiger partial charge is 0.257 e. The van der Waals surface area contributed by atoms with Crippen molar-refractivity contribution in [3.05, 3.63) is 65.7 Å². The first kappa shape index (κ1) is 18.4. The van der Waals surface area contributed by atoms with Gasteiger partial charge in [-0.05, 0) is 43.5 Å². The molecule has 4 rings (SSSR count). The molecule has 2 aromatic carbocycles. The van der Waals surface area contributed by atoms with Gasteiger partial charge in [-0.15, -0.1) is 0 Å². The minimum Gasteiger partial charge on any atom is -0.323 e. The van der Waals surface area contributed by atoms with Crippen molar-refractivity contribution in [1.29, 1.82) is 0 Å². The molecule has 5 nitrogen and oxygen atoms in total. The van der Waals surface area contributed by atoms with E-state index in [1.807, 2.05) is 31.2 Å². The Hall–Kier alpha value is -2.95. The van der Waals surface area contributed by atoms with Crippen LogP contribution < -0.4 is 4.90 Å². The van der Waals surface area contributed by atoms with E-state index >= 15 is 0 Å². The molecule has 0 radical (unpaired) electrons. The molecule has 144 valence electrons. The standard InChI is InChI=1S/C23H24N2O3/c1-16-9-5-8-14-19(16)22(27)24(17-12-6-7-13-17)20-15-21(26)25(23(20)28)18-10-3-2-4-11-18/h2-5,8-11,14,17,20H,6-7,12-13,15H2,1H3. The molecule has 2 aliphatic rings. The van der Waals surface area contributed by atoms with E-state index in [9.17, 15) is 14.4 Å². The summed E-state index contributed by atoms with van der Waals surface area (Å²) in [5.74, 6) is -0.696. The Kier molecular flexibility index (Phi) is 4.99. The maximum absolute atomic E-state index is 13.5. The fourth-order valence-electron chi connectivity index (χ4n) is 4.38. The van der Waals surface area contributed by atoms with Gasteiger partial charge in [0.1, 0.15) is 6.04 Å². The van der Waals surface area contributed by atoms with Crippen molar-refractivity contribution in [3.63, 3.8) is 0 Å². The highest BCUT2D eigenvalue weighted by Crippen LogP contribution is 2.33. The molecule has 0 N–H and O–H groups in total. The van der Waals surface area contributed by atoms with Crippen molar-refractivity contribution in [3.8, 4) is 0 Å². The lowest BCUT2D eigenvalue weighted by Crippen LogP contribution is -2.50. The van der Waals surface area contributed by atoms with Gasteiger partial charge in [-0.25, -0.2) is 4.90 Å². The third kappa shape index (κ3) is 3.21. The Balaban J connectivity index is 1.69. The summed E-state index contributed by atoms with van der Waals surface area (Å²) in [5.41, 5.74) is 2.05. The number of amides is 3. The number of para-hydroxylation sites is 1. The normalized spacial score (nSPS) is 20.0. The molecule has 0 aromatic heterocycles. The SMILES string of the molecule is Cc1ccccc1C(=O)N(C1CCCC1)C1CC(=O)N(c2ccccc2)C1=O. The minimum absolute atomic E-state index is 0.00424. The fraction of sp³-hybridized carbons (Fsp3) is 0.348. The number of carbonyl (C=O) groups excluding carboxylic acids is 3. The van der Waals surface area contributed by atoms with Gasteiger partial charge in [-0.3, -0.25) is 14.4 Å². The van der Waals surface area contributed by atoms with E-state index in [-0.39, 0.29) is 30.2 Å². The van der Waals surface area contributed by atoms with Crippen molar-refractivity contribution in [1.82, 2.24) is 4.90 Å². The summed E-state index contributed by atoms with van der Waals surface area (Å²) in [4.78, 5) is 42.4. The molecule has 1 heterocycles. The van der Waals surface area contributed by atoms with Gasteiger partial charge < -0.3 is 4.90 Å². The van der Waals surface area contributed by atoms with Gasteiger partial charge in [0.05, 0.1) is 12.1 Å². The predicted octanol–water partition coefficient (Wildman–Crippen LogP) is 3.71. The molecular weight excluding hydrogens is 352 g/mol. The van der Waals surface area contributed by atoms with Crippen molar-refractivity contribution in [2.24, 2.45) is 0 Å². The van der Waals surface area contributed by atoms with Gasteiger partial charge >= 0.3 is 0 Å². The summed E-state index contributed by atoms with van der Waals surface area (Å²) in [5, 5.41) is 0. The molecule has 2 aromatic rings. The van der Waals surface area contributed by atoms with Crippen molar-refractivity contribution >= 4 is 23.4 Å². The summed E-state index contributed by atoms with van der Waals surface area (Å²) in [6, 6.07) is 15.7. The average molecular weight is 376 g/mol. The minimum atomic E-state index is -0.733. The first-order valence-corrected chi connectivity index (χ1v) is 9.88. The van der Waals surface area contributed by atoms with E-state index in [2.05, 4.69) is 0 Å². The second-order valence-electron chi connectivity index (χ2n) is 7.59. The summed E-state index contributed by atoms with van der Waals surface area (Å²) in [7, 11) is 0. The van der Waals surface area contributed by atoms with E-state index in [1.165, 1.54) is 4.90 Å². The van der Waals surface area contributed by atoms with Crippen LogP contribution in [0, 0.1) is 6.92 Å². The fourth-order valence-corrected chi connectivity index (χ4v) is 4.38. The van der Waals surface area contributed by atoms with E-state index < -0.39 is 6.04 Å². The molecular formula is C23H24N2O3. The molecule has 1 saturated heterocycles. The van der Waals surface area contributed by atoms with Crippen molar-refractivity contribution in [2.75, 3.05) is 4.90 Å². The number of anilines is 1. The average Bonchev–Trinajstić information content (AvgIpc) is 3.32. The zero-order chi connectivity index (χ0) is 19.7. The lowest BCUT2D eigenvalue weighted by Gasteiger charge is -2.33. The van der Waals surface area contributed by atoms with Gasteiger partial charge in [0.15, 0.2) is 0 Å². The van der Waals surface area contributed by atoms with Crippen LogP contribution in [0.3, 0.4) is 0 Å². The summed E-state index contributed by atoms with van der Waals surface area (Å²) in [6.07, 6.45) is 3.88. The third-order valence-electron chi connectivity index (χ3n) is 5.80. The van der Waals surface area contributed by atoms with Crippen LogP contribution in [0.15, 0.2) is 54.6 Å². The Morgan fingerprint density at radius 1 is 0.964 bits per heavy atom. The van der Waals surface area contributed by atoms with Gasteiger partial charge in [-0.1, -0.05) is 49.2 Å². The van der Waals surface area contributed by atoms with Crippen LogP contribution in [0.2, 0.25) is 0 Å². The molecule has 0 bridgehead atoms. The highest BCUT2D eigenvalue weighted by molar-refractivity contribution is 6.23. The van der Waals surface area contributed by atoms with Crippen LogP contribution in [-0.4, -0.2) is 34.7 Å². The second kappa shape index (κ2) is 7.58. The zero-order valence-electron chi connectivity index (χ0n) is 16.0. The number of rotatable bonds is 4. The van der Waals surface area contributed by atoms with Crippen molar-refractivity contribution in [2.45, 2.75) is 51.1 Å². The van der Waals surface area contributed by atoms with Crippen LogP contribution in [0.5, 0.6) is 0 Å². The molecule has 1 atom stereocenters. The predicted molar refractivity (Wildman–Crippen MR) is 107 cm³/mol. The zero-order valence-corrected chi connectivity index (χ0v) is 16.0. The molecule has 1 saturated carbocycles. The van der Waals surface area contributed by atoms with E-state index in [0.717, 1.165) is 31.2 Å². The highest BCUT2D eigenvalue weighted by Gasteiger charge is 2.47. The Bertz CT molecular complexity index is 903. The molecule has 1 aliphatic carbocycles. The number of benzene rings is 2. The molecule has 1 unspecified atom stereocenters. The van der Waals surface area contributed by atoms with Crippen LogP contribution in [0.25, 0.3) is 0 Å². The van der Waals surface area contributed by atoms with Crippen LogP contribution in [0.4, 0.5) is 5.69 Å². The highest BCUT2D eigenvalue weighted by atomic mass is 16.2. The molecule has 28 heavy (non-hydrogen) atoms. The number of nitrogens with zero attached hydrogens (tertiary/aromatic N) is 2. The quantitative estimate of drug-likeness (QED) is 0.765. The first-order chi connectivity index (χ1) is 13.6. The second-order valence-corrected chi connectivity index (χ2v) is 7.59. The van der Waals surface area contributed by atoms with Gasteiger partial charge in [0, 0.05) is 11.6 Å². The van der Waals surface area contributed by atoms with Gasteiger partial charge in [-0.2, -0.15) is 0 Å². The van der Waals surface area contributed by atoms with E-state index in [4.69, 9.17) is 0 Å². The maximum Gasteiger partial charge on any atom is 0.257 e. The van der Waals surface area contributed by atoms with E-state index in [0.29, 0.717) is 11.3 Å². The lowest BCUT2D eigenvalue weighted by atomic mass is 10.0. The molecule has 2 fully saturated rings. The van der Waals surface area contributed by atoms with Gasteiger partial charge in [0.25, 0.3) is 11.8 Å². The number of aryl methyl sites for hydroxylation is 1. The maximum atomic E-state index is 13.5. The topological polar surface area (TPSA) is 57.7 Å². The van der Waals surface area contributed by atoms with E-state index in [1.54, 1.807) is 35.2 Å². The first-order valence-electron chi connectivity index (χ1n) is 9.88. The number of carbonyl (C=O) groups is 3. The van der Waals surface area contributed by atoms with Crippen LogP contribution in [-0.2, 0) is 9.59 Å². The van der Waals surface area contributed by atoms with Crippen LogP contribution >= 0.6 is 0 Å².